The summed E-state index contributed by atoms with van der Waals surface area (Å²) in [6.07, 6.45) is 2.50. The van der Waals surface area contributed by atoms with Gasteiger partial charge in [-0.15, -0.1) is 0 Å². The van der Waals surface area contributed by atoms with Crippen molar-refractivity contribution in [3.63, 3.8) is 0 Å². The van der Waals surface area contributed by atoms with Crippen molar-refractivity contribution in [2.24, 2.45) is 0 Å². The second-order valence-corrected chi connectivity index (χ2v) is 8.76. The third-order valence-electron chi connectivity index (χ3n) is 5.78. The molecule has 0 aromatic carbocycles. The van der Waals surface area contributed by atoms with Crippen molar-refractivity contribution in [2.45, 2.75) is 65.3 Å². The standard InChI is InChI=1S/C23H29N7O2/c1-7-23(5,6)18-10-19(29-32-18)27-22(31)14(4)15-8-9-17(26-12-15)20-16(11-24)21(25)30(28-20)13(2)3/h8-10,12-14H,7,25H2,1-6H3,(H,27,29,31). The quantitative estimate of drug-likeness (QED) is 0.561. The molecule has 168 valence electrons. The van der Waals surface area contributed by atoms with Crippen LogP contribution in [0.15, 0.2) is 28.9 Å². The molecule has 0 aliphatic heterocycles. The van der Waals surface area contributed by atoms with Gasteiger partial charge in [0.25, 0.3) is 0 Å². The lowest BCUT2D eigenvalue weighted by Gasteiger charge is -2.17. The van der Waals surface area contributed by atoms with E-state index in [0.29, 0.717) is 28.6 Å². The first-order valence-corrected chi connectivity index (χ1v) is 10.6. The highest BCUT2D eigenvalue weighted by Gasteiger charge is 2.25. The van der Waals surface area contributed by atoms with E-state index < -0.39 is 5.92 Å². The number of hydrogen-bond acceptors (Lipinski definition) is 7. The summed E-state index contributed by atoms with van der Waals surface area (Å²) in [5, 5.41) is 20.7. The maximum atomic E-state index is 12.7. The highest BCUT2D eigenvalue weighted by atomic mass is 16.5. The number of pyridine rings is 1. The van der Waals surface area contributed by atoms with E-state index in [1.807, 2.05) is 13.8 Å². The Morgan fingerprint density at radius 3 is 2.62 bits per heavy atom. The fourth-order valence-electron chi connectivity index (χ4n) is 3.15. The zero-order valence-electron chi connectivity index (χ0n) is 19.3. The Morgan fingerprint density at radius 1 is 1.34 bits per heavy atom. The molecular formula is C23H29N7O2. The molecule has 0 saturated carbocycles. The van der Waals surface area contributed by atoms with Crippen molar-refractivity contribution in [3.05, 3.63) is 41.3 Å². The Hall–Kier alpha value is -3.67. The smallest absolute Gasteiger partial charge is 0.232 e. The predicted octanol–water partition coefficient (Wildman–Crippen LogP) is 4.40. The van der Waals surface area contributed by atoms with Crippen LogP contribution >= 0.6 is 0 Å². The summed E-state index contributed by atoms with van der Waals surface area (Å²) in [5.41, 5.74) is 7.87. The number of anilines is 2. The van der Waals surface area contributed by atoms with Gasteiger partial charge >= 0.3 is 0 Å². The molecule has 0 saturated heterocycles. The van der Waals surface area contributed by atoms with E-state index in [2.05, 4.69) is 47.4 Å². The Balaban J connectivity index is 1.77. The Morgan fingerprint density at radius 2 is 2.06 bits per heavy atom. The van der Waals surface area contributed by atoms with Gasteiger partial charge < -0.3 is 15.6 Å². The van der Waals surface area contributed by atoms with Crippen LogP contribution in [-0.4, -0.2) is 25.8 Å². The van der Waals surface area contributed by atoms with E-state index in [4.69, 9.17) is 10.3 Å². The summed E-state index contributed by atoms with van der Waals surface area (Å²) < 4.78 is 7.00. The van der Waals surface area contributed by atoms with Crippen molar-refractivity contribution >= 4 is 17.5 Å². The average molecular weight is 436 g/mol. The zero-order chi connectivity index (χ0) is 23.6. The molecule has 0 spiro atoms. The maximum Gasteiger partial charge on any atom is 0.232 e. The molecule has 9 heteroatoms. The summed E-state index contributed by atoms with van der Waals surface area (Å²) in [7, 11) is 0. The minimum Gasteiger partial charge on any atom is -0.383 e. The van der Waals surface area contributed by atoms with Gasteiger partial charge in [0, 0.05) is 23.7 Å². The van der Waals surface area contributed by atoms with Crippen molar-refractivity contribution in [1.82, 2.24) is 19.9 Å². The number of nitrogens with zero attached hydrogens (tertiary/aromatic N) is 5. The van der Waals surface area contributed by atoms with E-state index in [0.717, 1.165) is 17.7 Å². The summed E-state index contributed by atoms with van der Waals surface area (Å²) in [4.78, 5) is 17.2. The first-order valence-electron chi connectivity index (χ1n) is 10.6. The number of amides is 1. The summed E-state index contributed by atoms with van der Waals surface area (Å²) in [6, 6.07) is 7.42. The molecule has 1 unspecified atom stereocenters. The van der Waals surface area contributed by atoms with Crippen LogP contribution in [0.1, 0.15) is 76.8 Å². The number of nitriles is 1. The Kier molecular flexibility index (Phi) is 6.35. The lowest BCUT2D eigenvalue weighted by molar-refractivity contribution is -0.117. The largest absolute Gasteiger partial charge is 0.383 e. The molecule has 0 fully saturated rings. The average Bonchev–Trinajstić information content (AvgIpc) is 3.38. The zero-order valence-corrected chi connectivity index (χ0v) is 19.3. The highest BCUT2D eigenvalue weighted by molar-refractivity contribution is 5.94. The molecule has 3 aromatic heterocycles. The van der Waals surface area contributed by atoms with E-state index >= 15 is 0 Å². The molecule has 0 radical (unpaired) electrons. The van der Waals surface area contributed by atoms with Crippen LogP contribution < -0.4 is 11.1 Å². The molecule has 0 aliphatic rings. The number of nitrogens with two attached hydrogens (primary N) is 1. The second kappa shape index (κ2) is 8.83. The monoisotopic (exact) mass is 435 g/mol. The van der Waals surface area contributed by atoms with Crippen molar-refractivity contribution in [2.75, 3.05) is 11.1 Å². The van der Waals surface area contributed by atoms with E-state index in [1.54, 1.807) is 36.0 Å². The predicted molar refractivity (Wildman–Crippen MR) is 122 cm³/mol. The number of aromatic nitrogens is 4. The van der Waals surface area contributed by atoms with Gasteiger partial charge in [-0.25, -0.2) is 4.68 Å². The van der Waals surface area contributed by atoms with E-state index in [9.17, 15) is 10.1 Å². The van der Waals surface area contributed by atoms with Gasteiger partial charge in [-0.1, -0.05) is 32.0 Å². The van der Waals surface area contributed by atoms with Gasteiger partial charge in [0.15, 0.2) is 5.82 Å². The number of nitrogen functional groups attached to an aromatic ring is 1. The summed E-state index contributed by atoms with van der Waals surface area (Å²) in [6.45, 7) is 11.9. The number of carbonyl (C=O) groups excluding carboxylic acids is 1. The van der Waals surface area contributed by atoms with Crippen LogP contribution in [0.3, 0.4) is 0 Å². The molecule has 0 bridgehead atoms. The number of rotatable bonds is 7. The first-order chi connectivity index (χ1) is 15.1. The van der Waals surface area contributed by atoms with E-state index in [-0.39, 0.29) is 17.4 Å². The number of carbonyl (C=O) groups is 1. The molecule has 1 atom stereocenters. The topological polar surface area (TPSA) is 136 Å². The van der Waals surface area contributed by atoms with Gasteiger partial charge in [0.05, 0.1) is 11.6 Å². The van der Waals surface area contributed by atoms with Gasteiger partial charge in [-0.05, 0) is 38.8 Å². The normalized spacial score (nSPS) is 12.6. The highest BCUT2D eigenvalue weighted by Crippen LogP contribution is 2.30. The lowest BCUT2D eigenvalue weighted by atomic mass is 9.87. The lowest BCUT2D eigenvalue weighted by Crippen LogP contribution is -2.19. The van der Waals surface area contributed by atoms with Crippen LogP contribution in [0.25, 0.3) is 11.4 Å². The van der Waals surface area contributed by atoms with Gasteiger partial charge in [-0.3, -0.25) is 9.78 Å². The molecule has 3 rings (SSSR count). The third kappa shape index (κ3) is 4.35. The van der Waals surface area contributed by atoms with Crippen LogP contribution in [-0.2, 0) is 10.2 Å². The minimum absolute atomic E-state index is 0.0128. The number of hydrogen-bond donors (Lipinski definition) is 2. The first kappa shape index (κ1) is 23.0. The molecular weight excluding hydrogens is 406 g/mol. The van der Waals surface area contributed by atoms with Crippen LogP contribution in [0, 0.1) is 11.3 Å². The van der Waals surface area contributed by atoms with E-state index in [1.165, 1.54) is 0 Å². The molecule has 3 N–H and O–H groups in total. The molecule has 3 heterocycles. The van der Waals surface area contributed by atoms with Crippen molar-refractivity contribution in [3.8, 4) is 17.5 Å². The van der Waals surface area contributed by atoms with Crippen LogP contribution in [0.4, 0.5) is 11.6 Å². The molecule has 0 aliphatic carbocycles. The molecule has 1 amide bonds. The summed E-state index contributed by atoms with van der Waals surface area (Å²) >= 11 is 0. The SMILES string of the molecule is CCC(C)(C)c1cc(NC(=O)C(C)c2ccc(-c3nn(C(C)C)c(N)c3C#N)nc2)no1. The van der Waals surface area contributed by atoms with Crippen LogP contribution in [0.5, 0.6) is 0 Å². The minimum atomic E-state index is -0.468. The van der Waals surface area contributed by atoms with Crippen molar-refractivity contribution < 1.29 is 9.32 Å². The Labute approximate surface area is 187 Å². The van der Waals surface area contributed by atoms with Crippen LogP contribution in [0.2, 0.25) is 0 Å². The van der Waals surface area contributed by atoms with Gasteiger partial charge in [0.2, 0.25) is 5.91 Å². The second-order valence-electron chi connectivity index (χ2n) is 8.76. The fraction of sp³-hybridized carbons (Fsp3) is 0.435. The Bertz CT molecular complexity index is 1150. The molecule has 32 heavy (non-hydrogen) atoms. The maximum absolute atomic E-state index is 12.7. The molecule has 3 aromatic rings. The van der Waals surface area contributed by atoms with Gasteiger partial charge in [0.1, 0.15) is 28.9 Å². The summed E-state index contributed by atoms with van der Waals surface area (Å²) in [5.74, 6) is 0.734. The van der Waals surface area contributed by atoms with Crippen molar-refractivity contribution in [1.29, 1.82) is 5.26 Å². The van der Waals surface area contributed by atoms with Gasteiger partial charge in [-0.2, -0.15) is 10.4 Å². The third-order valence-corrected chi connectivity index (χ3v) is 5.78. The molecule has 9 nitrogen and oxygen atoms in total. The fourth-order valence-corrected chi connectivity index (χ4v) is 3.15. The number of nitrogens with one attached hydrogen (secondary N) is 1.